The Balaban J connectivity index is 2.70. The number of benzene rings is 1. The number of H-pyrrole nitrogens is 2. The number of nitrogens with one attached hydrogen (secondary N) is 2. The maximum absolute atomic E-state index is 12.9. The molecule has 1 aromatic heterocycles. The van der Waals surface area contributed by atoms with Crippen LogP contribution in [0.25, 0.3) is 5.69 Å². The predicted octanol–water partition coefficient (Wildman–Crippen LogP) is -0.301. The van der Waals surface area contributed by atoms with E-state index >= 15 is 0 Å². The Kier molecular flexibility index (Phi) is 1.93. The van der Waals surface area contributed by atoms with E-state index in [2.05, 4.69) is 10.2 Å². The molecular formula is C8H6FN3O3. The van der Waals surface area contributed by atoms with E-state index in [0.29, 0.717) is 4.57 Å². The van der Waals surface area contributed by atoms with Crippen LogP contribution in [0.15, 0.2) is 27.8 Å². The molecular weight excluding hydrogens is 205 g/mol. The third kappa shape index (κ3) is 1.43. The van der Waals surface area contributed by atoms with Gasteiger partial charge >= 0.3 is 11.4 Å². The number of rotatable bonds is 1. The number of nitrogens with zero attached hydrogens (tertiary/aromatic N) is 1. The monoisotopic (exact) mass is 211 g/mol. The average molecular weight is 211 g/mol. The summed E-state index contributed by atoms with van der Waals surface area (Å²) in [4.78, 5) is 22.3. The highest BCUT2D eigenvalue weighted by Gasteiger charge is 2.08. The number of phenols is 1. The molecule has 2 rings (SSSR count). The molecule has 2 aromatic rings. The van der Waals surface area contributed by atoms with Gasteiger partial charge in [0.25, 0.3) is 0 Å². The Morgan fingerprint density at radius 2 is 1.80 bits per heavy atom. The Hall–Kier alpha value is -2.31. The summed E-state index contributed by atoms with van der Waals surface area (Å²) in [5.74, 6) is -1.45. The normalized spacial score (nSPS) is 10.5. The quantitative estimate of drug-likeness (QED) is 0.604. The highest BCUT2D eigenvalue weighted by Crippen LogP contribution is 2.16. The molecule has 0 amide bonds. The Bertz CT molecular complexity index is 583. The molecule has 0 spiro atoms. The van der Waals surface area contributed by atoms with E-state index in [0.717, 1.165) is 12.1 Å². The lowest BCUT2D eigenvalue weighted by Gasteiger charge is -2.00. The fourth-order valence-electron chi connectivity index (χ4n) is 1.18. The van der Waals surface area contributed by atoms with E-state index in [-0.39, 0.29) is 5.69 Å². The molecule has 0 aliphatic carbocycles. The van der Waals surface area contributed by atoms with Gasteiger partial charge in [-0.15, -0.1) is 0 Å². The molecule has 1 aromatic carbocycles. The third-order valence-electron chi connectivity index (χ3n) is 1.87. The van der Waals surface area contributed by atoms with Gasteiger partial charge in [0, 0.05) is 6.07 Å². The van der Waals surface area contributed by atoms with Gasteiger partial charge in [-0.1, -0.05) is 0 Å². The lowest BCUT2D eigenvalue weighted by atomic mass is 10.3. The lowest BCUT2D eigenvalue weighted by Crippen LogP contribution is -2.24. The number of aromatic amines is 2. The molecule has 0 unspecified atom stereocenters. The minimum atomic E-state index is -0.903. The molecule has 7 heteroatoms. The number of aromatic hydroxyl groups is 1. The van der Waals surface area contributed by atoms with Crippen molar-refractivity contribution >= 4 is 0 Å². The van der Waals surface area contributed by atoms with Crippen molar-refractivity contribution in [2.24, 2.45) is 0 Å². The standard InChI is InChI=1S/C8H6FN3O3/c9-5-3-4(1-2-6(5)13)12-7(14)10-11-8(12)15/h1-3,13H,(H,10,14)(H,11,15). The summed E-state index contributed by atoms with van der Waals surface area (Å²) in [5, 5.41) is 13.0. The van der Waals surface area contributed by atoms with Gasteiger partial charge in [0.15, 0.2) is 11.6 Å². The lowest BCUT2D eigenvalue weighted by molar-refractivity contribution is 0.432. The topological polar surface area (TPSA) is 90.9 Å². The zero-order valence-corrected chi connectivity index (χ0v) is 7.32. The van der Waals surface area contributed by atoms with E-state index in [9.17, 15) is 14.0 Å². The van der Waals surface area contributed by atoms with Gasteiger partial charge in [-0.25, -0.2) is 28.7 Å². The van der Waals surface area contributed by atoms with Crippen molar-refractivity contribution < 1.29 is 9.50 Å². The molecule has 0 atom stereocenters. The molecule has 0 saturated heterocycles. The summed E-state index contributed by atoms with van der Waals surface area (Å²) in [7, 11) is 0. The van der Waals surface area contributed by atoms with Crippen LogP contribution in [0.2, 0.25) is 0 Å². The molecule has 6 nitrogen and oxygen atoms in total. The van der Waals surface area contributed by atoms with Crippen molar-refractivity contribution in [3.63, 3.8) is 0 Å². The summed E-state index contributed by atoms with van der Waals surface area (Å²) >= 11 is 0. The van der Waals surface area contributed by atoms with Crippen LogP contribution in [-0.2, 0) is 0 Å². The first-order valence-corrected chi connectivity index (χ1v) is 3.98. The SMILES string of the molecule is O=c1[nH][nH]c(=O)n1-c1ccc(O)c(F)c1. The number of aromatic nitrogens is 3. The Labute approximate surface area is 81.6 Å². The van der Waals surface area contributed by atoms with Gasteiger partial charge in [0.1, 0.15) is 0 Å². The first-order valence-electron chi connectivity index (χ1n) is 3.98. The molecule has 3 N–H and O–H groups in total. The molecule has 0 fully saturated rings. The van der Waals surface area contributed by atoms with Crippen molar-refractivity contribution in [3.05, 3.63) is 45.0 Å². The second-order valence-corrected chi connectivity index (χ2v) is 2.83. The minimum absolute atomic E-state index is 0.0396. The van der Waals surface area contributed by atoms with Crippen molar-refractivity contribution in [3.8, 4) is 11.4 Å². The van der Waals surface area contributed by atoms with Crippen molar-refractivity contribution in [2.75, 3.05) is 0 Å². The van der Waals surface area contributed by atoms with Gasteiger partial charge in [-0.3, -0.25) is 0 Å². The summed E-state index contributed by atoms with van der Waals surface area (Å²) in [6.45, 7) is 0. The van der Waals surface area contributed by atoms with Crippen LogP contribution in [0.4, 0.5) is 4.39 Å². The van der Waals surface area contributed by atoms with Gasteiger partial charge in [-0.2, -0.15) is 0 Å². The van der Waals surface area contributed by atoms with E-state index in [1.54, 1.807) is 0 Å². The zero-order chi connectivity index (χ0) is 11.0. The number of halogens is 1. The fourth-order valence-corrected chi connectivity index (χ4v) is 1.18. The van der Waals surface area contributed by atoms with Crippen LogP contribution < -0.4 is 11.4 Å². The average Bonchev–Trinajstić information content (AvgIpc) is 2.52. The predicted molar refractivity (Wildman–Crippen MR) is 48.6 cm³/mol. The molecule has 1 heterocycles. The second kappa shape index (κ2) is 3.12. The van der Waals surface area contributed by atoms with Gasteiger partial charge in [0.05, 0.1) is 5.69 Å². The number of phenolic OH excluding ortho intramolecular Hbond substituents is 1. The van der Waals surface area contributed by atoms with Gasteiger partial charge in [-0.05, 0) is 12.1 Å². The fraction of sp³-hybridized carbons (Fsp3) is 0. The molecule has 0 aliphatic heterocycles. The van der Waals surface area contributed by atoms with E-state index in [1.165, 1.54) is 6.07 Å². The van der Waals surface area contributed by atoms with E-state index in [1.807, 2.05) is 0 Å². The van der Waals surface area contributed by atoms with Crippen molar-refractivity contribution in [1.29, 1.82) is 0 Å². The van der Waals surface area contributed by atoms with Crippen LogP contribution in [-0.4, -0.2) is 19.9 Å². The largest absolute Gasteiger partial charge is 0.505 e. The Morgan fingerprint density at radius 1 is 1.20 bits per heavy atom. The highest BCUT2D eigenvalue weighted by atomic mass is 19.1. The van der Waals surface area contributed by atoms with Crippen LogP contribution in [0.5, 0.6) is 5.75 Å². The Morgan fingerprint density at radius 3 is 2.33 bits per heavy atom. The maximum Gasteiger partial charge on any atom is 0.348 e. The third-order valence-corrected chi connectivity index (χ3v) is 1.87. The number of hydrogen-bond donors (Lipinski definition) is 3. The van der Waals surface area contributed by atoms with Crippen LogP contribution in [0.3, 0.4) is 0 Å². The minimum Gasteiger partial charge on any atom is -0.505 e. The molecule has 78 valence electrons. The highest BCUT2D eigenvalue weighted by molar-refractivity contribution is 5.37. The number of hydrogen-bond acceptors (Lipinski definition) is 3. The summed E-state index contributed by atoms with van der Waals surface area (Å²) < 4.78 is 13.7. The van der Waals surface area contributed by atoms with Gasteiger partial charge in [0.2, 0.25) is 0 Å². The molecule has 0 radical (unpaired) electrons. The second-order valence-electron chi connectivity index (χ2n) is 2.83. The van der Waals surface area contributed by atoms with Crippen LogP contribution in [0.1, 0.15) is 0 Å². The summed E-state index contributed by atoms with van der Waals surface area (Å²) in [6.07, 6.45) is 0. The maximum atomic E-state index is 12.9. The van der Waals surface area contributed by atoms with Crippen LogP contribution >= 0.6 is 0 Å². The first kappa shape index (κ1) is 9.25. The molecule has 0 aliphatic rings. The zero-order valence-electron chi connectivity index (χ0n) is 7.32. The van der Waals surface area contributed by atoms with E-state index < -0.39 is 22.9 Å². The van der Waals surface area contributed by atoms with Gasteiger partial charge < -0.3 is 5.11 Å². The van der Waals surface area contributed by atoms with Crippen molar-refractivity contribution in [2.45, 2.75) is 0 Å². The first-order chi connectivity index (χ1) is 7.09. The smallest absolute Gasteiger partial charge is 0.348 e. The molecule has 0 bridgehead atoms. The summed E-state index contributed by atoms with van der Waals surface area (Å²) in [6, 6.07) is 3.20. The molecule has 15 heavy (non-hydrogen) atoms. The summed E-state index contributed by atoms with van der Waals surface area (Å²) in [5.41, 5.74) is -1.37. The molecule has 0 saturated carbocycles. The van der Waals surface area contributed by atoms with Crippen molar-refractivity contribution in [1.82, 2.24) is 14.8 Å². The van der Waals surface area contributed by atoms with E-state index in [4.69, 9.17) is 5.11 Å². The van der Waals surface area contributed by atoms with Crippen LogP contribution in [0, 0.1) is 5.82 Å².